The number of ketones is 1. The minimum absolute atomic E-state index is 0.0776. The summed E-state index contributed by atoms with van der Waals surface area (Å²) in [5, 5.41) is 8.81. The standard InChI is InChI=1S/C22H22N2O2/c1-3-14-24(2)15-4-5-16-26-21-12-10-20(11-13-21)22(25)19-8-6-18(17-23)7-9-19/h3-13H,1,14-16H2,2H3/b5-4+. The van der Waals surface area contributed by atoms with Crippen LogP contribution < -0.4 is 4.74 Å². The maximum absolute atomic E-state index is 12.4. The Labute approximate surface area is 154 Å². The van der Waals surface area contributed by atoms with Crippen LogP contribution in [0.1, 0.15) is 21.5 Å². The predicted octanol–water partition coefficient (Wildman–Crippen LogP) is 3.84. The van der Waals surface area contributed by atoms with E-state index in [9.17, 15) is 4.79 Å². The molecule has 0 unspecified atom stereocenters. The zero-order valence-corrected chi connectivity index (χ0v) is 14.9. The predicted molar refractivity (Wildman–Crippen MR) is 103 cm³/mol. The van der Waals surface area contributed by atoms with E-state index in [0.29, 0.717) is 29.0 Å². The third-order valence-electron chi connectivity index (χ3n) is 3.76. The summed E-state index contributed by atoms with van der Waals surface area (Å²) >= 11 is 0. The molecule has 0 radical (unpaired) electrons. The number of ether oxygens (including phenoxy) is 1. The van der Waals surface area contributed by atoms with Gasteiger partial charge in [0.15, 0.2) is 5.78 Å². The molecule has 26 heavy (non-hydrogen) atoms. The maximum Gasteiger partial charge on any atom is 0.193 e. The SMILES string of the molecule is C=CCN(C)C/C=C/COc1ccc(C(=O)c2ccc(C#N)cc2)cc1. The van der Waals surface area contributed by atoms with Gasteiger partial charge < -0.3 is 4.74 Å². The van der Waals surface area contributed by atoms with Gasteiger partial charge in [-0.1, -0.05) is 18.2 Å². The molecule has 2 aromatic carbocycles. The summed E-state index contributed by atoms with van der Waals surface area (Å²) in [6.45, 7) is 5.87. The summed E-state index contributed by atoms with van der Waals surface area (Å²) in [6, 6.07) is 15.7. The Morgan fingerprint density at radius 1 is 1.08 bits per heavy atom. The summed E-state index contributed by atoms with van der Waals surface area (Å²) in [5.74, 6) is 0.636. The molecule has 0 saturated carbocycles. The van der Waals surface area contributed by atoms with Crippen molar-refractivity contribution >= 4 is 5.78 Å². The molecule has 0 amide bonds. The molecule has 0 bridgehead atoms. The Balaban J connectivity index is 1.87. The second-order valence-corrected chi connectivity index (χ2v) is 5.83. The monoisotopic (exact) mass is 346 g/mol. The van der Waals surface area contributed by atoms with Gasteiger partial charge in [-0.15, -0.1) is 6.58 Å². The van der Waals surface area contributed by atoms with Crippen LogP contribution in [0.25, 0.3) is 0 Å². The minimum Gasteiger partial charge on any atom is -0.490 e. The molecule has 0 aliphatic rings. The van der Waals surface area contributed by atoms with Crippen molar-refractivity contribution in [3.05, 3.63) is 90.0 Å². The molecule has 132 valence electrons. The Morgan fingerprint density at radius 3 is 2.27 bits per heavy atom. The first kappa shape index (κ1) is 19.2. The zero-order valence-electron chi connectivity index (χ0n) is 14.9. The fourth-order valence-corrected chi connectivity index (χ4v) is 2.33. The van der Waals surface area contributed by atoms with Gasteiger partial charge in [0.2, 0.25) is 0 Å². The fourth-order valence-electron chi connectivity index (χ4n) is 2.33. The van der Waals surface area contributed by atoms with Crippen LogP contribution in [0.5, 0.6) is 5.75 Å². The second-order valence-electron chi connectivity index (χ2n) is 5.83. The molecule has 0 N–H and O–H groups in total. The van der Waals surface area contributed by atoms with E-state index >= 15 is 0 Å². The molecule has 2 rings (SSSR count). The average Bonchev–Trinajstić information content (AvgIpc) is 2.68. The third kappa shape index (κ3) is 5.73. The van der Waals surface area contributed by atoms with Crippen molar-refractivity contribution in [2.75, 3.05) is 26.7 Å². The normalized spacial score (nSPS) is 10.7. The van der Waals surface area contributed by atoms with Gasteiger partial charge in [0.05, 0.1) is 11.6 Å². The number of carbonyl (C=O) groups is 1. The lowest BCUT2D eigenvalue weighted by atomic mass is 10.0. The van der Waals surface area contributed by atoms with Gasteiger partial charge >= 0.3 is 0 Å². The Morgan fingerprint density at radius 2 is 1.69 bits per heavy atom. The molecule has 0 aromatic heterocycles. The van der Waals surface area contributed by atoms with Crippen molar-refractivity contribution in [2.24, 2.45) is 0 Å². The van der Waals surface area contributed by atoms with E-state index in [1.54, 1.807) is 48.5 Å². The van der Waals surface area contributed by atoms with Crippen molar-refractivity contribution in [1.82, 2.24) is 4.90 Å². The first-order chi connectivity index (χ1) is 12.6. The number of nitrogens with zero attached hydrogens (tertiary/aromatic N) is 2. The van der Waals surface area contributed by atoms with Crippen LogP contribution in [0, 0.1) is 11.3 Å². The molecule has 2 aromatic rings. The van der Waals surface area contributed by atoms with Crippen LogP contribution in [-0.4, -0.2) is 37.4 Å². The molecular weight excluding hydrogens is 324 g/mol. The molecule has 0 heterocycles. The summed E-state index contributed by atoms with van der Waals surface area (Å²) in [6.07, 6.45) is 5.88. The number of likely N-dealkylation sites (N-methyl/N-ethyl adjacent to an activating group) is 1. The first-order valence-electron chi connectivity index (χ1n) is 8.36. The van der Waals surface area contributed by atoms with Crippen LogP contribution in [0.4, 0.5) is 0 Å². The van der Waals surface area contributed by atoms with Gasteiger partial charge in [0.25, 0.3) is 0 Å². The Kier molecular flexibility index (Phi) is 7.35. The lowest BCUT2D eigenvalue weighted by Crippen LogP contribution is -2.17. The number of rotatable bonds is 9. The molecule has 4 nitrogen and oxygen atoms in total. The summed E-state index contributed by atoms with van der Waals surface area (Å²) in [5.41, 5.74) is 1.68. The largest absolute Gasteiger partial charge is 0.490 e. The smallest absolute Gasteiger partial charge is 0.193 e. The topological polar surface area (TPSA) is 53.3 Å². The van der Waals surface area contributed by atoms with E-state index in [0.717, 1.165) is 13.1 Å². The van der Waals surface area contributed by atoms with Gasteiger partial charge in [-0.2, -0.15) is 5.26 Å². The minimum atomic E-state index is -0.0776. The quantitative estimate of drug-likeness (QED) is 0.511. The van der Waals surface area contributed by atoms with Crippen molar-refractivity contribution < 1.29 is 9.53 Å². The highest BCUT2D eigenvalue weighted by molar-refractivity contribution is 6.09. The highest BCUT2D eigenvalue weighted by Crippen LogP contribution is 2.16. The van der Waals surface area contributed by atoms with E-state index in [2.05, 4.69) is 11.5 Å². The van der Waals surface area contributed by atoms with E-state index < -0.39 is 0 Å². The fraction of sp³-hybridized carbons (Fsp3) is 0.182. The van der Waals surface area contributed by atoms with Crippen molar-refractivity contribution in [2.45, 2.75) is 0 Å². The molecular formula is C22H22N2O2. The van der Waals surface area contributed by atoms with Crippen molar-refractivity contribution in [1.29, 1.82) is 5.26 Å². The lowest BCUT2D eigenvalue weighted by molar-refractivity contribution is 0.103. The highest BCUT2D eigenvalue weighted by Gasteiger charge is 2.09. The molecule has 0 spiro atoms. The average molecular weight is 346 g/mol. The van der Waals surface area contributed by atoms with E-state index in [-0.39, 0.29) is 5.78 Å². The van der Waals surface area contributed by atoms with Gasteiger partial charge in [0.1, 0.15) is 12.4 Å². The number of hydrogen-bond donors (Lipinski definition) is 0. The van der Waals surface area contributed by atoms with E-state index in [4.69, 9.17) is 10.00 Å². The first-order valence-corrected chi connectivity index (χ1v) is 8.36. The molecule has 0 atom stereocenters. The third-order valence-corrected chi connectivity index (χ3v) is 3.76. The van der Waals surface area contributed by atoms with E-state index in [1.165, 1.54) is 0 Å². The van der Waals surface area contributed by atoms with Crippen LogP contribution >= 0.6 is 0 Å². The molecule has 0 fully saturated rings. The van der Waals surface area contributed by atoms with Gasteiger partial charge in [-0.05, 0) is 55.6 Å². The Hall–Kier alpha value is -3.16. The number of hydrogen-bond acceptors (Lipinski definition) is 4. The Bertz CT molecular complexity index is 800. The second kappa shape index (κ2) is 9.97. The summed E-state index contributed by atoms with van der Waals surface area (Å²) in [7, 11) is 2.02. The number of carbonyl (C=O) groups excluding carboxylic acids is 1. The highest BCUT2D eigenvalue weighted by atomic mass is 16.5. The summed E-state index contributed by atoms with van der Waals surface area (Å²) < 4.78 is 5.65. The van der Waals surface area contributed by atoms with E-state index in [1.807, 2.05) is 31.3 Å². The van der Waals surface area contributed by atoms with Crippen LogP contribution in [-0.2, 0) is 0 Å². The van der Waals surface area contributed by atoms with Gasteiger partial charge in [-0.3, -0.25) is 9.69 Å². The molecule has 4 heteroatoms. The van der Waals surface area contributed by atoms with Crippen molar-refractivity contribution in [3.63, 3.8) is 0 Å². The lowest BCUT2D eigenvalue weighted by Gasteiger charge is -2.10. The van der Waals surface area contributed by atoms with Crippen LogP contribution in [0.15, 0.2) is 73.3 Å². The van der Waals surface area contributed by atoms with Crippen molar-refractivity contribution in [3.8, 4) is 11.8 Å². The van der Waals surface area contributed by atoms with Gasteiger partial charge in [-0.25, -0.2) is 0 Å². The number of benzene rings is 2. The number of nitriles is 1. The molecule has 0 aliphatic carbocycles. The van der Waals surface area contributed by atoms with Crippen LogP contribution in [0.2, 0.25) is 0 Å². The molecule has 0 aliphatic heterocycles. The summed E-state index contributed by atoms with van der Waals surface area (Å²) in [4.78, 5) is 14.6. The van der Waals surface area contributed by atoms with Gasteiger partial charge in [0, 0.05) is 24.2 Å². The maximum atomic E-state index is 12.4. The molecule has 0 saturated heterocycles. The zero-order chi connectivity index (χ0) is 18.8. The van der Waals surface area contributed by atoms with Crippen LogP contribution in [0.3, 0.4) is 0 Å².